The van der Waals surface area contributed by atoms with Gasteiger partial charge in [-0.05, 0) is 37.1 Å². The lowest BCUT2D eigenvalue weighted by Gasteiger charge is -2.11. The highest BCUT2D eigenvalue weighted by atomic mass is 16.3. The minimum Gasteiger partial charge on any atom is -0.504 e. The predicted octanol–water partition coefficient (Wildman–Crippen LogP) is 0.466. The molecule has 1 aromatic rings. The average Bonchev–Trinajstić information content (AvgIpc) is 2.84. The van der Waals surface area contributed by atoms with Gasteiger partial charge in [-0.1, -0.05) is 6.07 Å². The number of benzene rings is 1. The van der Waals surface area contributed by atoms with Crippen LogP contribution in [0.5, 0.6) is 11.5 Å². The standard InChI is InChI=1S/C12H16N2O3/c15-10-4-3-8(6-11(10)16)7-14-12(17)9-2-1-5-13-9/h3-4,6,9,13,15-16H,1-2,5,7H2,(H,14,17). The molecule has 0 saturated carbocycles. The normalized spacial score (nSPS) is 19.2. The molecule has 1 atom stereocenters. The van der Waals surface area contributed by atoms with Gasteiger partial charge in [-0.15, -0.1) is 0 Å². The third-order valence-corrected chi connectivity index (χ3v) is 2.88. The fourth-order valence-corrected chi connectivity index (χ4v) is 1.90. The van der Waals surface area contributed by atoms with Crippen molar-refractivity contribution in [3.8, 4) is 11.5 Å². The van der Waals surface area contributed by atoms with E-state index < -0.39 is 0 Å². The molecule has 1 saturated heterocycles. The second kappa shape index (κ2) is 5.05. The van der Waals surface area contributed by atoms with E-state index in [4.69, 9.17) is 5.11 Å². The number of hydrogen-bond donors (Lipinski definition) is 4. The van der Waals surface area contributed by atoms with E-state index in [1.165, 1.54) is 12.1 Å². The Morgan fingerprint density at radius 2 is 2.24 bits per heavy atom. The van der Waals surface area contributed by atoms with Crippen molar-refractivity contribution in [3.05, 3.63) is 23.8 Å². The fourth-order valence-electron chi connectivity index (χ4n) is 1.90. The monoisotopic (exact) mass is 236 g/mol. The van der Waals surface area contributed by atoms with Gasteiger partial charge in [0.05, 0.1) is 6.04 Å². The quantitative estimate of drug-likeness (QED) is 0.575. The first-order valence-corrected chi connectivity index (χ1v) is 5.69. The number of carbonyl (C=O) groups excluding carboxylic acids is 1. The first-order valence-electron chi connectivity index (χ1n) is 5.69. The van der Waals surface area contributed by atoms with E-state index in [1.54, 1.807) is 6.07 Å². The van der Waals surface area contributed by atoms with Crippen molar-refractivity contribution in [2.75, 3.05) is 6.54 Å². The van der Waals surface area contributed by atoms with Gasteiger partial charge in [0.2, 0.25) is 5.91 Å². The maximum atomic E-state index is 11.7. The zero-order valence-corrected chi connectivity index (χ0v) is 9.44. The van der Waals surface area contributed by atoms with Gasteiger partial charge < -0.3 is 20.8 Å². The van der Waals surface area contributed by atoms with E-state index in [2.05, 4.69) is 10.6 Å². The van der Waals surface area contributed by atoms with E-state index >= 15 is 0 Å². The molecule has 2 rings (SSSR count). The highest BCUT2D eigenvalue weighted by Crippen LogP contribution is 2.24. The van der Waals surface area contributed by atoms with Gasteiger partial charge >= 0.3 is 0 Å². The van der Waals surface area contributed by atoms with Crippen molar-refractivity contribution >= 4 is 5.91 Å². The summed E-state index contributed by atoms with van der Waals surface area (Å²) in [5.41, 5.74) is 0.756. The van der Waals surface area contributed by atoms with E-state index in [0.717, 1.165) is 24.9 Å². The Hall–Kier alpha value is -1.75. The van der Waals surface area contributed by atoms with Crippen LogP contribution in [-0.2, 0) is 11.3 Å². The molecule has 1 heterocycles. The molecule has 4 N–H and O–H groups in total. The number of phenolic OH excluding ortho intramolecular Hbond substituents is 2. The van der Waals surface area contributed by atoms with Crippen molar-refractivity contribution in [2.45, 2.75) is 25.4 Å². The van der Waals surface area contributed by atoms with Gasteiger partial charge in [0.15, 0.2) is 11.5 Å². The molecule has 17 heavy (non-hydrogen) atoms. The maximum Gasteiger partial charge on any atom is 0.237 e. The molecular weight excluding hydrogens is 220 g/mol. The van der Waals surface area contributed by atoms with Gasteiger partial charge in [0.25, 0.3) is 0 Å². The summed E-state index contributed by atoms with van der Waals surface area (Å²) in [5.74, 6) is -0.344. The number of phenols is 2. The first-order chi connectivity index (χ1) is 8.16. The summed E-state index contributed by atoms with van der Waals surface area (Å²) < 4.78 is 0. The third kappa shape index (κ3) is 2.88. The molecule has 1 aliphatic heterocycles. The molecule has 0 spiro atoms. The van der Waals surface area contributed by atoms with Crippen LogP contribution < -0.4 is 10.6 Å². The maximum absolute atomic E-state index is 11.7. The van der Waals surface area contributed by atoms with Crippen LogP contribution in [0.2, 0.25) is 0 Å². The molecule has 1 aliphatic rings. The van der Waals surface area contributed by atoms with Gasteiger partial charge in [-0.2, -0.15) is 0 Å². The van der Waals surface area contributed by atoms with Crippen LogP contribution in [-0.4, -0.2) is 28.7 Å². The molecule has 1 amide bonds. The Labute approximate surface area is 99.5 Å². The number of rotatable bonds is 3. The summed E-state index contributed by atoms with van der Waals surface area (Å²) in [5, 5.41) is 24.4. The topological polar surface area (TPSA) is 81.6 Å². The predicted molar refractivity (Wildman–Crippen MR) is 62.6 cm³/mol. The van der Waals surface area contributed by atoms with Crippen LogP contribution >= 0.6 is 0 Å². The lowest BCUT2D eigenvalue weighted by atomic mass is 10.2. The lowest BCUT2D eigenvalue weighted by molar-refractivity contribution is -0.122. The minimum absolute atomic E-state index is 0.0185. The summed E-state index contributed by atoms with van der Waals surface area (Å²) in [4.78, 5) is 11.7. The molecule has 5 nitrogen and oxygen atoms in total. The second-order valence-electron chi connectivity index (χ2n) is 4.19. The van der Waals surface area contributed by atoms with Crippen LogP contribution in [0.15, 0.2) is 18.2 Å². The van der Waals surface area contributed by atoms with Gasteiger partial charge in [-0.25, -0.2) is 0 Å². The molecule has 1 aromatic carbocycles. The Kier molecular flexibility index (Phi) is 3.49. The summed E-state index contributed by atoms with van der Waals surface area (Å²) in [6, 6.07) is 4.42. The Morgan fingerprint density at radius 1 is 1.41 bits per heavy atom. The Morgan fingerprint density at radius 3 is 2.88 bits per heavy atom. The molecule has 0 bridgehead atoms. The largest absolute Gasteiger partial charge is 0.504 e. The van der Waals surface area contributed by atoms with E-state index in [9.17, 15) is 9.90 Å². The zero-order valence-electron chi connectivity index (χ0n) is 9.44. The minimum atomic E-state index is -0.171. The number of nitrogens with one attached hydrogen (secondary N) is 2. The van der Waals surface area contributed by atoms with Crippen LogP contribution in [0.25, 0.3) is 0 Å². The van der Waals surface area contributed by atoms with Crippen molar-refractivity contribution in [1.29, 1.82) is 0 Å². The average molecular weight is 236 g/mol. The SMILES string of the molecule is O=C(NCc1ccc(O)c(O)c1)C1CCCN1. The zero-order chi connectivity index (χ0) is 12.3. The Bertz CT molecular complexity index is 414. The Balaban J connectivity index is 1.88. The van der Waals surface area contributed by atoms with Crippen molar-refractivity contribution in [3.63, 3.8) is 0 Å². The summed E-state index contributed by atoms with van der Waals surface area (Å²) in [7, 11) is 0. The molecular formula is C12H16N2O3. The smallest absolute Gasteiger partial charge is 0.237 e. The van der Waals surface area contributed by atoms with E-state index in [1.807, 2.05) is 0 Å². The van der Waals surface area contributed by atoms with Crippen molar-refractivity contribution < 1.29 is 15.0 Å². The molecule has 0 radical (unpaired) electrons. The summed E-state index contributed by atoms with van der Waals surface area (Å²) in [6.07, 6.45) is 1.89. The van der Waals surface area contributed by atoms with Crippen LogP contribution in [0.4, 0.5) is 0 Å². The van der Waals surface area contributed by atoms with Crippen LogP contribution in [0, 0.1) is 0 Å². The second-order valence-corrected chi connectivity index (χ2v) is 4.19. The lowest BCUT2D eigenvalue weighted by Crippen LogP contribution is -2.39. The van der Waals surface area contributed by atoms with Gasteiger partial charge in [-0.3, -0.25) is 4.79 Å². The molecule has 1 unspecified atom stereocenters. The molecule has 0 aliphatic carbocycles. The van der Waals surface area contributed by atoms with Crippen molar-refractivity contribution in [1.82, 2.24) is 10.6 Å². The van der Waals surface area contributed by atoms with Crippen LogP contribution in [0.3, 0.4) is 0 Å². The number of hydrogen-bond acceptors (Lipinski definition) is 4. The molecule has 1 fully saturated rings. The van der Waals surface area contributed by atoms with E-state index in [-0.39, 0.29) is 23.4 Å². The summed E-state index contributed by atoms with van der Waals surface area (Å²) >= 11 is 0. The summed E-state index contributed by atoms with van der Waals surface area (Å²) in [6.45, 7) is 1.24. The fraction of sp³-hybridized carbons (Fsp3) is 0.417. The molecule has 5 heteroatoms. The first kappa shape index (κ1) is 11.7. The highest BCUT2D eigenvalue weighted by molar-refractivity contribution is 5.81. The molecule has 0 aromatic heterocycles. The van der Waals surface area contributed by atoms with Crippen molar-refractivity contribution in [2.24, 2.45) is 0 Å². The highest BCUT2D eigenvalue weighted by Gasteiger charge is 2.21. The van der Waals surface area contributed by atoms with Gasteiger partial charge in [0, 0.05) is 6.54 Å². The number of aromatic hydroxyl groups is 2. The van der Waals surface area contributed by atoms with Crippen LogP contribution in [0.1, 0.15) is 18.4 Å². The van der Waals surface area contributed by atoms with E-state index in [0.29, 0.717) is 6.54 Å². The third-order valence-electron chi connectivity index (χ3n) is 2.88. The van der Waals surface area contributed by atoms with Gasteiger partial charge in [0.1, 0.15) is 0 Å². The molecule has 92 valence electrons. The number of amides is 1. The number of carbonyl (C=O) groups is 1.